The van der Waals surface area contributed by atoms with Crippen molar-refractivity contribution in [3.05, 3.63) is 35.6 Å². The zero-order valence-electron chi connectivity index (χ0n) is 9.92. The standard InChI is InChI=1S/C13H14ClN3S/c14-13-16-15-12(10-4-2-1-3-5-10)17(13)11-6-8-18-9-7-11/h1-5,11H,6-9H2. The first-order valence-corrected chi connectivity index (χ1v) is 7.63. The summed E-state index contributed by atoms with van der Waals surface area (Å²) in [6.07, 6.45) is 2.28. The van der Waals surface area contributed by atoms with Crippen LogP contribution in [-0.4, -0.2) is 26.3 Å². The molecular weight excluding hydrogens is 266 g/mol. The SMILES string of the molecule is Clc1nnc(-c2ccccc2)n1C1CCSCC1. The second-order valence-corrected chi connectivity index (χ2v) is 5.94. The van der Waals surface area contributed by atoms with E-state index in [-0.39, 0.29) is 0 Å². The Morgan fingerprint density at radius 3 is 2.56 bits per heavy atom. The predicted molar refractivity (Wildman–Crippen MR) is 76.1 cm³/mol. The number of rotatable bonds is 2. The summed E-state index contributed by atoms with van der Waals surface area (Å²) in [7, 11) is 0. The van der Waals surface area contributed by atoms with Crippen LogP contribution in [0.15, 0.2) is 30.3 Å². The lowest BCUT2D eigenvalue weighted by Gasteiger charge is -2.24. The third-order valence-corrected chi connectivity index (χ3v) is 4.55. The molecule has 0 spiro atoms. The van der Waals surface area contributed by atoms with Crippen LogP contribution in [0.1, 0.15) is 18.9 Å². The summed E-state index contributed by atoms with van der Waals surface area (Å²) in [6, 6.07) is 10.6. The van der Waals surface area contributed by atoms with Gasteiger partial charge in [-0.2, -0.15) is 11.8 Å². The van der Waals surface area contributed by atoms with Gasteiger partial charge in [-0.25, -0.2) is 0 Å². The molecule has 1 aliphatic heterocycles. The third-order valence-electron chi connectivity index (χ3n) is 3.24. The molecule has 2 aromatic rings. The minimum absolute atomic E-state index is 0.434. The first-order chi connectivity index (χ1) is 8.86. The molecular formula is C13H14ClN3S. The van der Waals surface area contributed by atoms with E-state index in [4.69, 9.17) is 11.6 Å². The van der Waals surface area contributed by atoms with Gasteiger partial charge in [0.2, 0.25) is 5.28 Å². The van der Waals surface area contributed by atoms with Gasteiger partial charge in [-0.3, -0.25) is 4.57 Å². The van der Waals surface area contributed by atoms with E-state index in [0.29, 0.717) is 11.3 Å². The summed E-state index contributed by atoms with van der Waals surface area (Å²) in [4.78, 5) is 0. The van der Waals surface area contributed by atoms with E-state index in [2.05, 4.69) is 26.9 Å². The maximum Gasteiger partial charge on any atom is 0.225 e. The highest BCUT2D eigenvalue weighted by Gasteiger charge is 2.22. The zero-order valence-corrected chi connectivity index (χ0v) is 11.5. The molecule has 94 valence electrons. The quantitative estimate of drug-likeness (QED) is 0.840. The maximum atomic E-state index is 6.21. The fourth-order valence-corrected chi connectivity index (χ4v) is 3.66. The van der Waals surface area contributed by atoms with Crippen molar-refractivity contribution in [1.82, 2.24) is 14.8 Å². The first kappa shape index (κ1) is 12.1. The summed E-state index contributed by atoms with van der Waals surface area (Å²) in [6.45, 7) is 0. The zero-order chi connectivity index (χ0) is 12.4. The van der Waals surface area contributed by atoms with Gasteiger partial charge in [0.25, 0.3) is 0 Å². The van der Waals surface area contributed by atoms with Crippen LogP contribution >= 0.6 is 23.4 Å². The Bertz CT molecular complexity index is 520. The molecule has 1 aromatic carbocycles. The molecule has 1 saturated heterocycles. The molecule has 0 saturated carbocycles. The maximum absolute atomic E-state index is 6.21. The molecule has 2 heterocycles. The molecule has 1 fully saturated rings. The lowest BCUT2D eigenvalue weighted by atomic mass is 10.1. The van der Waals surface area contributed by atoms with Crippen molar-refractivity contribution < 1.29 is 0 Å². The predicted octanol–water partition coefficient (Wildman–Crippen LogP) is 3.67. The number of hydrogen-bond donors (Lipinski definition) is 0. The van der Waals surface area contributed by atoms with Gasteiger partial charge in [0.15, 0.2) is 5.82 Å². The molecule has 0 aliphatic carbocycles. The van der Waals surface area contributed by atoms with Crippen LogP contribution in [0.25, 0.3) is 11.4 Å². The van der Waals surface area contributed by atoms with E-state index in [1.807, 2.05) is 30.0 Å². The topological polar surface area (TPSA) is 30.7 Å². The van der Waals surface area contributed by atoms with Crippen molar-refractivity contribution in [2.75, 3.05) is 11.5 Å². The van der Waals surface area contributed by atoms with Gasteiger partial charge in [-0.15, -0.1) is 10.2 Å². The van der Waals surface area contributed by atoms with Gasteiger partial charge in [0.05, 0.1) is 0 Å². The van der Waals surface area contributed by atoms with Crippen LogP contribution in [0.4, 0.5) is 0 Å². The number of thioether (sulfide) groups is 1. The van der Waals surface area contributed by atoms with Crippen molar-refractivity contribution in [1.29, 1.82) is 0 Å². The third kappa shape index (κ3) is 2.27. The Kier molecular flexibility index (Phi) is 3.57. The normalized spacial score (nSPS) is 16.9. The molecule has 5 heteroatoms. The molecule has 3 rings (SSSR count). The average Bonchev–Trinajstić information content (AvgIpc) is 2.83. The molecule has 0 atom stereocenters. The Morgan fingerprint density at radius 2 is 1.83 bits per heavy atom. The Balaban J connectivity index is 2.01. The summed E-state index contributed by atoms with van der Waals surface area (Å²) in [5, 5.41) is 8.78. The second-order valence-electron chi connectivity index (χ2n) is 4.37. The van der Waals surface area contributed by atoms with Crippen LogP contribution in [0.3, 0.4) is 0 Å². The van der Waals surface area contributed by atoms with Crippen molar-refractivity contribution in [2.24, 2.45) is 0 Å². The molecule has 0 N–H and O–H groups in total. The van der Waals surface area contributed by atoms with E-state index < -0.39 is 0 Å². The van der Waals surface area contributed by atoms with E-state index in [1.54, 1.807) is 0 Å². The lowest BCUT2D eigenvalue weighted by molar-refractivity contribution is 0.473. The summed E-state index contributed by atoms with van der Waals surface area (Å²) >= 11 is 8.22. The molecule has 0 bridgehead atoms. The molecule has 1 aliphatic rings. The Labute approximate surface area is 116 Å². The molecule has 3 nitrogen and oxygen atoms in total. The summed E-state index contributed by atoms with van der Waals surface area (Å²) < 4.78 is 2.09. The number of halogens is 1. The monoisotopic (exact) mass is 279 g/mol. The summed E-state index contributed by atoms with van der Waals surface area (Å²) in [5.74, 6) is 3.26. The highest BCUT2D eigenvalue weighted by atomic mass is 35.5. The minimum Gasteiger partial charge on any atom is -0.295 e. The van der Waals surface area contributed by atoms with Gasteiger partial charge in [-0.05, 0) is 35.9 Å². The van der Waals surface area contributed by atoms with Crippen molar-refractivity contribution in [3.63, 3.8) is 0 Å². The van der Waals surface area contributed by atoms with Crippen LogP contribution in [-0.2, 0) is 0 Å². The second kappa shape index (κ2) is 5.33. The van der Waals surface area contributed by atoms with Crippen molar-refractivity contribution >= 4 is 23.4 Å². The number of benzene rings is 1. The average molecular weight is 280 g/mol. The van der Waals surface area contributed by atoms with E-state index in [9.17, 15) is 0 Å². The van der Waals surface area contributed by atoms with Crippen molar-refractivity contribution in [2.45, 2.75) is 18.9 Å². The number of nitrogens with zero attached hydrogens (tertiary/aromatic N) is 3. The highest BCUT2D eigenvalue weighted by Crippen LogP contribution is 2.33. The van der Waals surface area contributed by atoms with Gasteiger partial charge in [0.1, 0.15) is 0 Å². The number of hydrogen-bond acceptors (Lipinski definition) is 3. The molecule has 1 aromatic heterocycles. The van der Waals surface area contributed by atoms with Gasteiger partial charge < -0.3 is 0 Å². The fourth-order valence-electron chi connectivity index (χ4n) is 2.32. The van der Waals surface area contributed by atoms with Gasteiger partial charge in [0, 0.05) is 11.6 Å². The van der Waals surface area contributed by atoms with Gasteiger partial charge >= 0.3 is 0 Å². The molecule has 0 unspecified atom stereocenters. The Morgan fingerprint density at radius 1 is 1.11 bits per heavy atom. The molecule has 18 heavy (non-hydrogen) atoms. The van der Waals surface area contributed by atoms with Crippen LogP contribution in [0, 0.1) is 0 Å². The number of aromatic nitrogens is 3. The minimum atomic E-state index is 0.434. The van der Waals surface area contributed by atoms with E-state index >= 15 is 0 Å². The first-order valence-electron chi connectivity index (χ1n) is 6.10. The lowest BCUT2D eigenvalue weighted by Crippen LogP contribution is -2.16. The summed E-state index contributed by atoms with van der Waals surface area (Å²) in [5.41, 5.74) is 1.08. The molecule has 0 amide bonds. The highest BCUT2D eigenvalue weighted by molar-refractivity contribution is 7.99. The van der Waals surface area contributed by atoms with Crippen LogP contribution in [0.2, 0.25) is 5.28 Å². The van der Waals surface area contributed by atoms with Gasteiger partial charge in [-0.1, -0.05) is 30.3 Å². The fraction of sp³-hybridized carbons (Fsp3) is 0.385. The molecule has 0 radical (unpaired) electrons. The van der Waals surface area contributed by atoms with E-state index in [1.165, 1.54) is 11.5 Å². The smallest absolute Gasteiger partial charge is 0.225 e. The largest absolute Gasteiger partial charge is 0.295 e. The Hall–Kier alpha value is -1.000. The van der Waals surface area contributed by atoms with Crippen LogP contribution in [0.5, 0.6) is 0 Å². The van der Waals surface area contributed by atoms with E-state index in [0.717, 1.165) is 24.2 Å². The van der Waals surface area contributed by atoms with Crippen LogP contribution < -0.4 is 0 Å². The van der Waals surface area contributed by atoms with Crippen molar-refractivity contribution in [3.8, 4) is 11.4 Å².